The van der Waals surface area contributed by atoms with Crippen LogP contribution in [0.25, 0.3) is 10.9 Å². The first-order valence-electron chi connectivity index (χ1n) is 10.4. The lowest BCUT2D eigenvalue weighted by Gasteiger charge is -2.40. The van der Waals surface area contributed by atoms with Gasteiger partial charge >= 0.3 is 6.18 Å². The summed E-state index contributed by atoms with van der Waals surface area (Å²) in [6.07, 6.45) is -6.14. The van der Waals surface area contributed by atoms with Gasteiger partial charge in [0.05, 0.1) is 0 Å². The quantitative estimate of drug-likeness (QED) is 0.409. The van der Waals surface area contributed by atoms with Crippen molar-refractivity contribution >= 4 is 32.7 Å². The van der Waals surface area contributed by atoms with E-state index in [0.29, 0.717) is 23.1 Å². The summed E-state index contributed by atoms with van der Waals surface area (Å²) in [4.78, 5) is 14.3. The highest BCUT2D eigenvalue weighted by Crippen LogP contribution is 2.46. The highest BCUT2D eigenvalue weighted by Gasteiger charge is 2.57. The summed E-state index contributed by atoms with van der Waals surface area (Å²) in [5.41, 5.74) is 3.25. The fourth-order valence-corrected chi connectivity index (χ4v) is 4.95. The van der Waals surface area contributed by atoms with Crippen LogP contribution in [0.4, 0.5) is 13.2 Å². The summed E-state index contributed by atoms with van der Waals surface area (Å²) in [7, 11) is 0. The molecule has 4 rings (SSSR count). The third-order valence-corrected chi connectivity index (χ3v) is 6.78. The molecular formula is C24H24BrF3N2O3. The lowest BCUT2D eigenvalue weighted by molar-refractivity contribution is -0.272. The first-order chi connectivity index (χ1) is 15.3. The highest BCUT2D eigenvalue weighted by molar-refractivity contribution is 9.10. The summed E-state index contributed by atoms with van der Waals surface area (Å²) in [6.45, 7) is 3.36. The molecule has 9 heteroatoms. The van der Waals surface area contributed by atoms with Gasteiger partial charge in [0.15, 0.2) is 5.60 Å². The van der Waals surface area contributed by atoms with Gasteiger partial charge in [0, 0.05) is 44.9 Å². The Bertz CT molecular complexity index is 1220. The zero-order chi connectivity index (χ0) is 24.2. The predicted octanol–water partition coefficient (Wildman–Crippen LogP) is 5.29. The average molecular weight is 525 g/mol. The monoisotopic (exact) mass is 524 g/mol. The first-order valence-corrected chi connectivity index (χ1v) is 11.2. The van der Waals surface area contributed by atoms with E-state index < -0.39 is 42.0 Å². The van der Waals surface area contributed by atoms with E-state index in [1.807, 2.05) is 12.1 Å². The van der Waals surface area contributed by atoms with Gasteiger partial charge in [0.25, 0.3) is 0 Å². The molecule has 1 aromatic heterocycles. The molecule has 2 atom stereocenters. The van der Waals surface area contributed by atoms with Crippen LogP contribution in [0.2, 0.25) is 0 Å². The molecule has 2 aromatic carbocycles. The lowest BCUT2D eigenvalue weighted by atomic mass is 9.73. The van der Waals surface area contributed by atoms with Gasteiger partial charge in [-0.1, -0.05) is 29.8 Å². The Morgan fingerprint density at radius 3 is 2.61 bits per heavy atom. The number of benzene rings is 2. The summed E-state index contributed by atoms with van der Waals surface area (Å²) >= 11 is 3.40. The molecule has 1 aliphatic heterocycles. The molecule has 1 amide bonds. The number of aromatic amines is 1. The van der Waals surface area contributed by atoms with Crippen molar-refractivity contribution in [1.29, 1.82) is 0 Å². The molecule has 0 spiro atoms. The second-order valence-electron chi connectivity index (χ2n) is 9.39. The number of rotatable bonds is 6. The molecule has 1 aliphatic rings. The number of nitrogens with one attached hydrogen (secondary N) is 1. The highest BCUT2D eigenvalue weighted by atomic mass is 79.9. The van der Waals surface area contributed by atoms with Crippen LogP contribution in [0.15, 0.2) is 46.9 Å². The van der Waals surface area contributed by atoms with Crippen LogP contribution in [-0.4, -0.2) is 33.9 Å². The molecule has 33 heavy (non-hydrogen) atoms. The van der Waals surface area contributed by atoms with Gasteiger partial charge in [0.1, 0.15) is 11.9 Å². The van der Waals surface area contributed by atoms with Crippen molar-refractivity contribution in [1.82, 2.24) is 4.98 Å². The van der Waals surface area contributed by atoms with Gasteiger partial charge < -0.3 is 20.6 Å². The fourth-order valence-electron chi connectivity index (χ4n) is 4.54. The van der Waals surface area contributed by atoms with Gasteiger partial charge in [-0.05, 0) is 54.4 Å². The molecule has 0 saturated heterocycles. The van der Waals surface area contributed by atoms with Crippen LogP contribution in [-0.2, 0) is 12.8 Å². The SMILES string of the molecule is CC(C)(CC(O)(Cc1cc2cc(C(N)=O)ccc2[nH]1)C(F)(F)F)C1Cc2cc(Br)ccc2O1. The zero-order valence-electron chi connectivity index (χ0n) is 18.1. The number of carbonyl (C=O) groups excluding carboxylic acids is 1. The summed E-state index contributed by atoms with van der Waals surface area (Å²) in [5, 5.41) is 11.5. The van der Waals surface area contributed by atoms with E-state index in [9.17, 15) is 23.1 Å². The van der Waals surface area contributed by atoms with E-state index >= 15 is 0 Å². The van der Waals surface area contributed by atoms with Crippen molar-refractivity contribution < 1.29 is 27.8 Å². The standard InChI is InChI=1S/C24H24BrF3N2O3/c1-22(2,20-10-15-8-16(25)4-6-19(15)33-20)12-23(32,24(26,27)28)11-17-9-14-7-13(21(29)31)3-5-18(14)30-17/h3-9,20,30,32H,10-12H2,1-2H3,(H2,29,31). The molecule has 5 nitrogen and oxygen atoms in total. The number of aromatic nitrogens is 1. The smallest absolute Gasteiger partial charge is 0.417 e. The summed E-state index contributed by atoms with van der Waals surface area (Å²) < 4.78 is 49.4. The van der Waals surface area contributed by atoms with Crippen molar-refractivity contribution in [2.45, 2.75) is 51.0 Å². The Balaban J connectivity index is 1.60. The largest absolute Gasteiger partial charge is 0.489 e. The van der Waals surface area contributed by atoms with Crippen LogP contribution in [0.1, 0.15) is 41.9 Å². The third-order valence-electron chi connectivity index (χ3n) is 6.29. The minimum absolute atomic E-state index is 0.210. The maximum atomic E-state index is 14.2. The van der Waals surface area contributed by atoms with E-state index in [0.717, 1.165) is 10.0 Å². The lowest BCUT2D eigenvalue weighted by Crippen LogP contribution is -2.52. The normalized spacial score (nSPS) is 18.1. The van der Waals surface area contributed by atoms with Crippen LogP contribution < -0.4 is 10.5 Å². The second kappa shape index (κ2) is 8.06. The van der Waals surface area contributed by atoms with Crippen molar-refractivity contribution in [3.05, 3.63) is 63.8 Å². The van der Waals surface area contributed by atoms with Crippen LogP contribution in [0, 0.1) is 5.41 Å². The van der Waals surface area contributed by atoms with E-state index in [-0.39, 0.29) is 11.3 Å². The van der Waals surface area contributed by atoms with Crippen molar-refractivity contribution in [3.8, 4) is 5.75 Å². The number of alkyl halides is 3. The number of primary amides is 1. The van der Waals surface area contributed by atoms with Gasteiger partial charge in [-0.25, -0.2) is 0 Å². The number of amides is 1. The van der Waals surface area contributed by atoms with Crippen molar-refractivity contribution in [2.24, 2.45) is 11.1 Å². The van der Waals surface area contributed by atoms with E-state index in [1.54, 1.807) is 26.0 Å². The molecule has 0 aliphatic carbocycles. The Hall–Kier alpha value is -2.52. The number of fused-ring (bicyclic) bond motifs is 2. The first kappa shape index (κ1) is 23.6. The minimum Gasteiger partial charge on any atom is -0.489 e. The number of hydrogen-bond donors (Lipinski definition) is 3. The number of hydrogen-bond acceptors (Lipinski definition) is 3. The van der Waals surface area contributed by atoms with E-state index in [1.165, 1.54) is 18.2 Å². The molecule has 0 radical (unpaired) electrons. The number of aliphatic hydroxyl groups is 1. The number of carbonyl (C=O) groups is 1. The van der Waals surface area contributed by atoms with Crippen LogP contribution >= 0.6 is 15.9 Å². The Kier molecular flexibility index (Phi) is 5.77. The molecule has 0 bridgehead atoms. The Morgan fingerprint density at radius 1 is 1.21 bits per heavy atom. The topological polar surface area (TPSA) is 88.3 Å². The fraction of sp³-hybridized carbons (Fsp3) is 0.375. The van der Waals surface area contributed by atoms with E-state index in [2.05, 4.69) is 20.9 Å². The number of H-pyrrole nitrogens is 1. The Morgan fingerprint density at radius 2 is 1.94 bits per heavy atom. The van der Waals surface area contributed by atoms with Crippen LogP contribution in [0.5, 0.6) is 5.75 Å². The van der Waals surface area contributed by atoms with E-state index in [4.69, 9.17) is 10.5 Å². The van der Waals surface area contributed by atoms with Gasteiger partial charge in [-0.2, -0.15) is 13.2 Å². The minimum atomic E-state index is -4.87. The van der Waals surface area contributed by atoms with Gasteiger partial charge in [-0.3, -0.25) is 4.79 Å². The van der Waals surface area contributed by atoms with Crippen molar-refractivity contribution in [2.75, 3.05) is 0 Å². The van der Waals surface area contributed by atoms with Gasteiger partial charge in [0.2, 0.25) is 5.91 Å². The zero-order valence-corrected chi connectivity index (χ0v) is 19.7. The third kappa shape index (κ3) is 4.61. The molecule has 3 aromatic rings. The molecule has 4 N–H and O–H groups in total. The predicted molar refractivity (Wildman–Crippen MR) is 122 cm³/mol. The number of halogens is 4. The maximum absolute atomic E-state index is 14.2. The molecular weight excluding hydrogens is 501 g/mol. The molecule has 176 valence electrons. The average Bonchev–Trinajstić information content (AvgIpc) is 3.29. The maximum Gasteiger partial charge on any atom is 0.417 e. The number of ether oxygens (including phenoxy) is 1. The Labute approximate surface area is 197 Å². The number of nitrogens with two attached hydrogens (primary N) is 1. The molecule has 0 saturated carbocycles. The van der Waals surface area contributed by atoms with Crippen molar-refractivity contribution in [3.63, 3.8) is 0 Å². The van der Waals surface area contributed by atoms with Gasteiger partial charge in [-0.15, -0.1) is 0 Å². The second-order valence-corrected chi connectivity index (χ2v) is 10.3. The molecule has 2 unspecified atom stereocenters. The molecule has 0 fully saturated rings. The summed E-state index contributed by atoms with van der Waals surface area (Å²) in [5.74, 6) is 0.0190. The van der Waals surface area contributed by atoms with Crippen LogP contribution in [0.3, 0.4) is 0 Å². The molecule has 2 heterocycles. The summed E-state index contributed by atoms with van der Waals surface area (Å²) in [6, 6.07) is 11.6.